The van der Waals surface area contributed by atoms with E-state index in [0.29, 0.717) is 16.7 Å². The number of rotatable bonds is 5. The zero-order valence-corrected chi connectivity index (χ0v) is 12.8. The van der Waals surface area contributed by atoms with Gasteiger partial charge in [-0.05, 0) is 24.3 Å². The van der Waals surface area contributed by atoms with Crippen molar-refractivity contribution in [1.29, 1.82) is 0 Å². The highest BCUT2D eigenvalue weighted by Gasteiger charge is 2.17. The second-order valence-corrected chi connectivity index (χ2v) is 5.68. The Morgan fingerprint density at radius 1 is 1.04 bits per heavy atom. The molecule has 3 rings (SSSR count). The number of aromatic nitrogens is 1. The van der Waals surface area contributed by atoms with Crippen LogP contribution in [0.2, 0.25) is 0 Å². The molecule has 2 N–H and O–H groups in total. The zero-order valence-electron chi connectivity index (χ0n) is 12.0. The number of aromatic hydroxyl groups is 1. The van der Waals surface area contributed by atoms with Crippen LogP contribution in [0.15, 0.2) is 64.2 Å². The average molecular weight is 327 g/mol. The molecule has 0 aliphatic heterocycles. The number of hydrogen-bond acceptors (Lipinski definition) is 5. The third-order valence-corrected chi connectivity index (χ3v) is 3.92. The number of hydrogen-bond donors (Lipinski definition) is 2. The SMILES string of the molecule is O=C(O)CSc1nc(-c2ccccc2)c(-c2ccc(O)cc2)o1. The Morgan fingerprint density at radius 3 is 2.39 bits per heavy atom. The first kappa shape index (κ1) is 15.2. The van der Waals surface area contributed by atoms with Gasteiger partial charge >= 0.3 is 5.97 Å². The quantitative estimate of drug-likeness (QED) is 0.692. The average Bonchev–Trinajstić information content (AvgIpc) is 2.99. The zero-order chi connectivity index (χ0) is 16.2. The van der Waals surface area contributed by atoms with Crippen LogP contribution in [0, 0.1) is 0 Å². The van der Waals surface area contributed by atoms with Gasteiger partial charge in [0.1, 0.15) is 17.2 Å². The van der Waals surface area contributed by atoms with Crippen LogP contribution in [-0.2, 0) is 4.79 Å². The number of aliphatic carboxylic acids is 1. The van der Waals surface area contributed by atoms with Gasteiger partial charge in [0.15, 0.2) is 5.76 Å². The van der Waals surface area contributed by atoms with Crippen molar-refractivity contribution in [2.75, 3.05) is 5.75 Å². The summed E-state index contributed by atoms with van der Waals surface area (Å²) in [5.74, 6) is -0.344. The van der Waals surface area contributed by atoms with Crippen LogP contribution in [0.3, 0.4) is 0 Å². The van der Waals surface area contributed by atoms with Gasteiger partial charge in [-0.15, -0.1) is 0 Å². The molecule has 0 aliphatic rings. The Hall–Kier alpha value is -2.73. The van der Waals surface area contributed by atoms with E-state index in [0.717, 1.165) is 22.9 Å². The van der Waals surface area contributed by atoms with Crippen molar-refractivity contribution in [3.8, 4) is 28.3 Å². The summed E-state index contributed by atoms with van der Waals surface area (Å²) in [6, 6.07) is 16.1. The van der Waals surface area contributed by atoms with Crippen LogP contribution in [0.1, 0.15) is 0 Å². The lowest BCUT2D eigenvalue weighted by Crippen LogP contribution is -1.97. The van der Waals surface area contributed by atoms with Crippen LogP contribution in [0.5, 0.6) is 5.75 Å². The van der Waals surface area contributed by atoms with Crippen molar-refractivity contribution in [3.63, 3.8) is 0 Å². The number of benzene rings is 2. The molecule has 1 heterocycles. The summed E-state index contributed by atoms with van der Waals surface area (Å²) in [7, 11) is 0. The number of carbonyl (C=O) groups is 1. The molecule has 0 amide bonds. The summed E-state index contributed by atoms with van der Waals surface area (Å²) in [4.78, 5) is 15.1. The molecule has 0 saturated heterocycles. The fraction of sp³-hybridized carbons (Fsp3) is 0.0588. The van der Waals surface area contributed by atoms with Gasteiger partial charge in [-0.3, -0.25) is 4.79 Å². The number of carboxylic acid groups (broad SMARTS) is 1. The minimum Gasteiger partial charge on any atom is -0.508 e. The fourth-order valence-corrected chi connectivity index (χ4v) is 2.63. The highest BCUT2D eigenvalue weighted by atomic mass is 32.2. The van der Waals surface area contributed by atoms with Crippen molar-refractivity contribution >= 4 is 17.7 Å². The smallest absolute Gasteiger partial charge is 0.314 e. The van der Waals surface area contributed by atoms with Gasteiger partial charge in [-0.25, -0.2) is 4.98 Å². The number of nitrogens with zero attached hydrogens (tertiary/aromatic N) is 1. The third-order valence-electron chi connectivity index (χ3n) is 3.10. The van der Waals surface area contributed by atoms with Gasteiger partial charge in [0.2, 0.25) is 0 Å². The lowest BCUT2D eigenvalue weighted by Gasteiger charge is -2.01. The first-order chi connectivity index (χ1) is 11.1. The molecule has 0 atom stereocenters. The number of phenolic OH excluding ortho intramolecular Hbond substituents is 1. The van der Waals surface area contributed by atoms with Crippen LogP contribution in [0.25, 0.3) is 22.6 Å². The predicted octanol–water partition coefficient (Wildman–Crippen LogP) is 3.89. The van der Waals surface area contributed by atoms with E-state index >= 15 is 0 Å². The molecule has 5 nitrogen and oxygen atoms in total. The first-order valence-electron chi connectivity index (χ1n) is 6.84. The molecule has 0 bridgehead atoms. The summed E-state index contributed by atoms with van der Waals surface area (Å²) in [6.07, 6.45) is 0. The Labute approximate surface area is 136 Å². The van der Waals surface area contributed by atoms with E-state index in [1.165, 1.54) is 0 Å². The standard InChI is InChI=1S/C17H13NO4S/c19-13-8-6-12(7-9-13)16-15(11-4-2-1-3-5-11)18-17(22-16)23-10-14(20)21/h1-9,19H,10H2,(H,20,21). The number of thioether (sulfide) groups is 1. The summed E-state index contributed by atoms with van der Waals surface area (Å²) in [5.41, 5.74) is 2.28. The summed E-state index contributed by atoms with van der Waals surface area (Å²) in [6.45, 7) is 0. The topological polar surface area (TPSA) is 83.6 Å². The molecule has 23 heavy (non-hydrogen) atoms. The molecule has 0 unspecified atom stereocenters. The van der Waals surface area contributed by atoms with Crippen LogP contribution < -0.4 is 0 Å². The van der Waals surface area contributed by atoms with Crippen molar-refractivity contribution in [2.45, 2.75) is 5.22 Å². The predicted molar refractivity (Wildman–Crippen MR) is 87.4 cm³/mol. The number of carboxylic acids is 1. The Bertz CT molecular complexity index is 812. The Kier molecular flexibility index (Phi) is 4.34. The lowest BCUT2D eigenvalue weighted by atomic mass is 10.1. The van der Waals surface area contributed by atoms with E-state index < -0.39 is 5.97 Å². The second-order valence-electron chi connectivity index (χ2n) is 4.75. The minimum atomic E-state index is -0.930. The normalized spacial score (nSPS) is 10.6. The molecule has 0 aliphatic carbocycles. The molecule has 0 radical (unpaired) electrons. The van der Waals surface area contributed by atoms with Crippen molar-refractivity contribution in [2.24, 2.45) is 0 Å². The van der Waals surface area contributed by atoms with E-state index in [4.69, 9.17) is 9.52 Å². The monoisotopic (exact) mass is 327 g/mol. The first-order valence-corrected chi connectivity index (χ1v) is 7.82. The molecule has 116 valence electrons. The highest BCUT2D eigenvalue weighted by Crippen LogP contribution is 2.36. The lowest BCUT2D eigenvalue weighted by molar-refractivity contribution is -0.133. The molecule has 2 aromatic carbocycles. The summed E-state index contributed by atoms with van der Waals surface area (Å²) in [5, 5.41) is 18.5. The molecule has 0 saturated carbocycles. The minimum absolute atomic E-state index is 0.121. The molecule has 1 aromatic heterocycles. The molecule has 3 aromatic rings. The third kappa shape index (κ3) is 3.54. The van der Waals surface area contributed by atoms with Gasteiger partial charge in [0.05, 0.1) is 0 Å². The molecule has 0 spiro atoms. The van der Waals surface area contributed by atoms with Crippen molar-refractivity contribution in [3.05, 3.63) is 54.6 Å². The summed E-state index contributed by atoms with van der Waals surface area (Å²) >= 11 is 1.03. The molecular formula is C17H13NO4S. The number of oxazole rings is 1. The summed E-state index contributed by atoms with van der Waals surface area (Å²) < 4.78 is 5.75. The Morgan fingerprint density at radius 2 is 1.74 bits per heavy atom. The van der Waals surface area contributed by atoms with Crippen molar-refractivity contribution < 1.29 is 19.4 Å². The van der Waals surface area contributed by atoms with Crippen LogP contribution in [0.4, 0.5) is 0 Å². The molecule has 0 fully saturated rings. The van der Waals surface area contributed by atoms with Crippen molar-refractivity contribution in [1.82, 2.24) is 4.98 Å². The van der Waals surface area contributed by atoms with E-state index in [2.05, 4.69) is 4.98 Å². The molecule has 6 heteroatoms. The highest BCUT2D eigenvalue weighted by molar-refractivity contribution is 7.99. The maximum Gasteiger partial charge on any atom is 0.314 e. The Balaban J connectivity index is 2.05. The van der Waals surface area contributed by atoms with Crippen LogP contribution in [-0.4, -0.2) is 26.9 Å². The van der Waals surface area contributed by atoms with Gasteiger partial charge in [-0.2, -0.15) is 0 Å². The maximum atomic E-state index is 10.7. The van der Waals surface area contributed by atoms with Gasteiger partial charge < -0.3 is 14.6 Å². The van der Waals surface area contributed by atoms with E-state index in [-0.39, 0.29) is 11.5 Å². The largest absolute Gasteiger partial charge is 0.508 e. The van der Waals surface area contributed by atoms with Gasteiger partial charge in [-0.1, -0.05) is 42.1 Å². The van der Waals surface area contributed by atoms with Gasteiger partial charge in [0, 0.05) is 11.1 Å². The van der Waals surface area contributed by atoms with E-state index in [1.54, 1.807) is 24.3 Å². The fourth-order valence-electron chi connectivity index (χ4n) is 2.09. The van der Waals surface area contributed by atoms with Crippen LogP contribution >= 0.6 is 11.8 Å². The second kappa shape index (κ2) is 6.58. The molecular weight excluding hydrogens is 314 g/mol. The maximum absolute atomic E-state index is 10.7. The van der Waals surface area contributed by atoms with Gasteiger partial charge in [0.25, 0.3) is 5.22 Å². The van der Waals surface area contributed by atoms with E-state index in [9.17, 15) is 9.90 Å². The van der Waals surface area contributed by atoms with E-state index in [1.807, 2.05) is 30.3 Å². The number of phenols is 1.